The smallest absolute Gasteiger partial charge is 0.0859 e. The standard InChI is InChI=1S/C14H11BrCl2O/c15-10-4-1-3-9(7-10)8-13(18)14-11(16)5-2-6-12(14)17/h1-7,13,18H,8H2. The molecule has 0 aliphatic rings. The summed E-state index contributed by atoms with van der Waals surface area (Å²) in [6.07, 6.45) is -0.233. The maximum absolute atomic E-state index is 10.2. The van der Waals surface area contributed by atoms with Gasteiger partial charge in [-0.15, -0.1) is 0 Å². The number of halogens is 3. The van der Waals surface area contributed by atoms with Gasteiger partial charge in [0.2, 0.25) is 0 Å². The molecule has 0 aliphatic carbocycles. The van der Waals surface area contributed by atoms with Crippen molar-refractivity contribution in [2.24, 2.45) is 0 Å². The molecule has 0 radical (unpaired) electrons. The summed E-state index contributed by atoms with van der Waals surface area (Å²) >= 11 is 15.5. The van der Waals surface area contributed by atoms with Gasteiger partial charge in [-0.3, -0.25) is 0 Å². The lowest BCUT2D eigenvalue weighted by atomic mass is 10.0. The molecule has 18 heavy (non-hydrogen) atoms. The molecule has 0 amide bonds. The lowest BCUT2D eigenvalue weighted by Crippen LogP contribution is -2.03. The van der Waals surface area contributed by atoms with Crippen LogP contribution in [0.3, 0.4) is 0 Å². The summed E-state index contributed by atoms with van der Waals surface area (Å²) in [5.74, 6) is 0. The molecule has 4 heteroatoms. The summed E-state index contributed by atoms with van der Waals surface area (Å²) in [6, 6.07) is 13.0. The van der Waals surface area contributed by atoms with Crippen molar-refractivity contribution in [2.75, 3.05) is 0 Å². The number of hydrogen-bond acceptors (Lipinski definition) is 1. The Balaban J connectivity index is 2.25. The minimum Gasteiger partial charge on any atom is -0.388 e. The van der Waals surface area contributed by atoms with Gasteiger partial charge in [-0.1, -0.05) is 57.3 Å². The normalized spacial score (nSPS) is 12.4. The van der Waals surface area contributed by atoms with Crippen molar-refractivity contribution in [1.29, 1.82) is 0 Å². The minimum absolute atomic E-state index is 0.475. The molecule has 94 valence electrons. The Hall–Kier alpha value is -0.540. The molecule has 0 saturated heterocycles. The quantitative estimate of drug-likeness (QED) is 0.826. The Morgan fingerprint density at radius 2 is 1.67 bits per heavy atom. The second-order valence-electron chi connectivity index (χ2n) is 3.99. The van der Waals surface area contributed by atoms with E-state index in [2.05, 4.69) is 15.9 Å². The Morgan fingerprint density at radius 1 is 1.06 bits per heavy atom. The van der Waals surface area contributed by atoms with Gasteiger partial charge in [-0.05, 0) is 29.8 Å². The third-order valence-electron chi connectivity index (χ3n) is 2.65. The predicted molar refractivity (Wildman–Crippen MR) is 79.3 cm³/mol. The molecule has 0 aromatic heterocycles. The molecule has 1 atom stereocenters. The molecule has 1 unspecified atom stereocenters. The molecule has 0 bridgehead atoms. The lowest BCUT2D eigenvalue weighted by molar-refractivity contribution is 0.178. The zero-order chi connectivity index (χ0) is 13.1. The van der Waals surface area contributed by atoms with Gasteiger partial charge in [-0.2, -0.15) is 0 Å². The van der Waals surface area contributed by atoms with Crippen molar-refractivity contribution in [3.05, 3.63) is 68.1 Å². The number of rotatable bonds is 3. The van der Waals surface area contributed by atoms with E-state index in [1.165, 1.54) is 0 Å². The van der Waals surface area contributed by atoms with Crippen LogP contribution in [0, 0.1) is 0 Å². The zero-order valence-electron chi connectivity index (χ0n) is 9.41. The Bertz CT molecular complexity index is 537. The van der Waals surface area contributed by atoms with Crippen LogP contribution >= 0.6 is 39.1 Å². The van der Waals surface area contributed by atoms with E-state index in [9.17, 15) is 5.11 Å². The average Bonchev–Trinajstić information content (AvgIpc) is 2.28. The Morgan fingerprint density at radius 3 is 2.28 bits per heavy atom. The van der Waals surface area contributed by atoms with Crippen LogP contribution in [-0.4, -0.2) is 5.11 Å². The van der Waals surface area contributed by atoms with Crippen molar-refractivity contribution in [2.45, 2.75) is 12.5 Å². The number of aliphatic hydroxyl groups excluding tert-OH is 1. The molecule has 1 N–H and O–H groups in total. The monoisotopic (exact) mass is 344 g/mol. The van der Waals surface area contributed by atoms with Crippen LogP contribution in [-0.2, 0) is 6.42 Å². The lowest BCUT2D eigenvalue weighted by Gasteiger charge is -2.14. The Labute approximate surface area is 124 Å². The van der Waals surface area contributed by atoms with Crippen LogP contribution in [0.5, 0.6) is 0 Å². The van der Waals surface area contributed by atoms with Gasteiger partial charge in [-0.25, -0.2) is 0 Å². The van der Waals surface area contributed by atoms with Gasteiger partial charge in [0.1, 0.15) is 0 Å². The molecule has 0 aliphatic heterocycles. The van der Waals surface area contributed by atoms with Crippen LogP contribution in [0.15, 0.2) is 46.9 Å². The molecular formula is C14H11BrCl2O. The van der Waals surface area contributed by atoms with E-state index in [0.717, 1.165) is 10.0 Å². The van der Waals surface area contributed by atoms with E-state index in [0.29, 0.717) is 22.0 Å². The second kappa shape index (κ2) is 6.07. The van der Waals surface area contributed by atoms with Crippen LogP contribution in [0.2, 0.25) is 10.0 Å². The summed E-state index contributed by atoms with van der Waals surface area (Å²) in [7, 11) is 0. The first-order chi connectivity index (χ1) is 8.58. The first kappa shape index (κ1) is 13.9. The van der Waals surface area contributed by atoms with Gasteiger partial charge in [0.05, 0.1) is 6.10 Å². The van der Waals surface area contributed by atoms with Gasteiger partial charge in [0.25, 0.3) is 0 Å². The van der Waals surface area contributed by atoms with Crippen LogP contribution in [0.1, 0.15) is 17.2 Å². The van der Waals surface area contributed by atoms with E-state index in [1.807, 2.05) is 24.3 Å². The first-order valence-corrected chi connectivity index (χ1v) is 6.99. The summed E-state index contributed by atoms with van der Waals surface area (Å²) in [5.41, 5.74) is 1.61. The molecular weight excluding hydrogens is 335 g/mol. The minimum atomic E-state index is -0.708. The number of aliphatic hydroxyl groups is 1. The Kier molecular flexibility index (Phi) is 4.68. The van der Waals surface area contributed by atoms with Crippen molar-refractivity contribution in [3.8, 4) is 0 Å². The fourth-order valence-electron chi connectivity index (χ4n) is 1.82. The molecule has 1 nitrogen and oxygen atoms in total. The summed E-state index contributed by atoms with van der Waals surface area (Å²) in [6.45, 7) is 0. The highest BCUT2D eigenvalue weighted by Gasteiger charge is 2.15. The zero-order valence-corrected chi connectivity index (χ0v) is 12.5. The van der Waals surface area contributed by atoms with Gasteiger partial charge >= 0.3 is 0 Å². The van der Waals surface area contributed by atoms with E-state index in [4.69, 9.17) is 23.2 Å². The maximum atomic E-state index is 10.2. The van der Waals surface area contributed by atoms with Gasteiger partial charge in [0, 0.05) is 26.5 Å². The third kappa shape index (κ3) is 3.27. The maximum Gasteiger partial charge on any atom is 0.0859 e. The van der Waals surface area contributed by atoms with E-state index < -0.39 is 6.10 Å². The van der Waals surface area contributed by atoms with Crippen molar-refractivity contribution in [3.63, 3.8) is 0 Å². The molecule has 0 heterocycles. The molecule has 0 spiro atoms. The summed E-state index contributed by atoms with van der Waals surface area (Å²) < 4.78 is 0.984. The molecule has 0 saturated carbocycles. The van der Waals surface area contributed by atoms with Crippen molar-refractivity contribution in [1.82, 2.24) is 0 Å². The first-order valence-electron chi connectivity index (χ1n) is 5.44. The van der Waals surface area contributed by atoms with Crippen LogP contribution < -0.4 is 0 Å². The predicted octanol–water partition coefficient (Wildman–Crippen LogP) is 5.03. The van der Waals surface area contributed by atoms with Gasteiger partial charge in [0.15, 0.2) is 0 Å². The fraction of sp³-hybridized carbons (Fsp3) is 0.143. The van der Waals surface area contributed by atoms with E-state index in [-0.39, 0.29) is 0 Å². The van der Waals surface area contributed by atoms with Crippen LogP contribution in [0.25, 0.3) is 0 Å². The third-order valence-corrected chi connectivity index (χ3v) is 3.80. The number of benzene rings is 2. The van der Waals surface area contributed by atoms with Gasteiger partial charge < -0.3 is 5.11 Å². The van der Waals surface area contributed by atoms with E-state index >= 15 is 0 Å². The molecule has 2 aromatic rings. The topological polar surface area (TPSA) is 20.2 Å². The molecule has 2 aromatic carbocycles. The average molecular weight is 346 g/mol. The van der Waals surface area contributed by atoms with Crippen molar-refractivity contribution >= 4 is 39.1 Å². The molecule has 0 fully saturated rings. The number of hydrogen-bond donors (Lipinski definition) is 1. The largest absolute Gasteiger partial charge is 0.388 e. The highest BCUT2D eigenvalue weighted by molar-refractivity contribution is 9.10. The SMILES string of the molecule is OC(Cc1cccc(Br)c1)c1c(Cl)cccc1Cl. The van der Waals surface area contributed by atoms with Crippen molar-refractivity contribution < 1.29 is 5.11 Å². The van der Waals surface area contributed by atoms with E-state index in [1.54, 1.807) is 18.2 Å². The fourth-order valence-corrected chi connectivity index (χ4v) is 2.91. The van der Waals surface area contributed by atoms with Crippen LogP contribution in [0.4, 0.5) is 0 Å². The second-order valence-corrected chi connectivity index (χ2v) is 5.72. The summed E-state index contributed by atoms with van der Waals surface area (Å²) in [5, 5.41) is 11.2. The summed E-state index contributed by atoms with van der Waals surface area (Å²) in [4.78, 5) is 0. The molecule has 2 rings (SSSR count). The highest BCUT2D eigenvalue weighted by atomic mass is 79.9. The highest BCUT2D eigenvalue weighted by Crippen LogP contribution is 2.32.